The van der Waals surface area contributed by atoms with Crippen molar-refractivity contribution in [1.29, 1.82) is 0 Å². The van der Waals surface area contributed by atoms with E-state index in [0.29, 0.717) is 6.04 Å². The summed E-state index contributed by atoms with van der Waals surface area (Å²) in [6.45, 7) is 0. The van der Waals surface area contributed by atoms with Gasteiger partial charge in [-0.05, 0) is 31.0 Å². The number of benzene rings is 1. The van der Waals surface area contributed by atoms with E-state index in [1.807, 2.05) is 0 Å². The van der Waals surface area contributed by atoms with Crippen LogP contribution in [0.3, 0.4) is 0 Å². The van der Waals surface area contributed by atoms with Crippen LogP contribution in [0.15, 0.2) is 24.5 Å². The second-order valence-corrected chi connectivity index (χ2v) is 4.51. The minimum Gasteiger partial charge on any atom is -0.367 e. The average molecular weight is 231 g/mol. The molecule has 3 rings (SSSR count). The van der Waals surface area contributed by atoms with Crippen LogP contribution >= 0.6 is 0 Å². The fourth-order valence-electron chi connectivity index (χ4n) is 2.41. The molecule has 1 fully saturated rings. The highest BCUT2D eigenvalue weighted by molar-refractivity contribution is 5.88. The number of nitrogens with one attached hydrogen (secondary N) is 1. The van der Waals surface area contributed by atoms with Gasteiger partial charge in [0.25, 0.3) is 0 Å². The van der Waals surface area contributed by atoms with Crippen LogP contribution in [0.5, 0.6) is 0 Å². The molecule has 0 saturated heterocycles. The summed E-state index contributed by atoms with van der Waals surface area (Å²) in [7, 11) is 0. The van der Waals surface area contributed by atoms with E-state index >= 15 is 0 Å². The molecule has 0 spiro atoms. The first-order valence-electron chi connectivity index (χ1n) is 6.00. The summed E-state index contributed by atoms with van der Waals surface area (Å²) in [5, 5.41) is 4.16. The van der Waals surface area contributed by atoms with Crippen LogP contribution in [0.25, 0.3) is 10.9 Å². The number of hydrogen-bond acceptors (Lipinski definition) is 3. The fourth-order valence-corrected chi connectivity index (χ4v) is 2.41. The highest BCUT2D eigenvalue weighted by atomic mass is 19.1. The Hall–Kier alpha value is -1.71. The van der Waals surface area contributed by atoms with E-state index in [1.54, 1.807) is 6.07 Å². The van der Waals surface area contributed by atoms with Gasteiger partial charge < -0.3 is 5.32 Å². The molecular weight excluding hydrogens is 217 g/mol. The monoisotopic (exact) mass is 231 g/mol. The Morgan fingerprint density at radius 3 is 2.82 bits per heavy atom. The molecule has 17 heavy (non-hydrogen) atoms. The summed E-state index contributed by atoms with van der Waals surface area (Å²) >= 11 is 0. The van der Waals surface area contributed by atoms with E-state index < -0.39 is 0 Å². The van der Waals surface area contributed by atoms with Gasteiger partial charge in [0.2, 0.25) is 0 Å². The van der Waals surface area contributed by atoms with Crippen LogP contribution in [-0.4, -0.2) is 16.0 Å². The van der Waals surface area contributed by atoms with Crippen LogP contribution in [0.1, 0.15) is 25.7 Å². The Kier molecular flexibility index (Phi) is 2.63. The third-order valence-electron chi connectivity index (χ3n) is 3.29. The zero-order valence-electron chi connectivity index (χ0n) is 9.49. The normalized spacial score (nSPS) is 16.5. The summed E-state index contributed by atoms with van der Waals surface area (Å²) in [6.07, 6.45) is 6.38. The first kappa shape index (κ1) is 10.4. The van der Waals surface area contributed by atoms with Crippen molar-refractivity contribution in [3.8, 4) is 0 Å². The van der Waals surface area contributed by atoms with Gasteiger partial charge in [0, 0.05) is 11.4 Å². The van der Waals surface area contributed by atoms with E-state index in [0.717, 1.165) is 16.7 Å². The van der Waals surface area contributed by atoms with E-state index in [-0.39, 0.29) is 5.82 Å². The third kappa shape index (κ3) is 2.07. The molecule has 0 unspecified atom stereocenters. The van der Waals surface area contributed by atoms with Gasteiger partial charge in [0.05, 0.1) is 5.52 Å². The molecule has 2 aromatic rings. The van der Waals surface area contributed by atoms with Gasteiger partial charge in [0.1, 0.15) is 18.0 Å². The lowest BCUT2D eigenvalue weighted by atomic mass is 10.2. The quantitative estimate of drug-likeness (QED) is 0.862. The SMILES string of the molecule is Fc1ccc2ncnc(NC3CCCC3)c2c1. The number of rotatable bonds is 2. The third-order valence-corrected chi connectivity index (χ3v) is 3.29. The van der Waals surface area contributed by atoms with Crippen molar-refractivity contribution in [2.45, 2.75) is 31.7 Å². The molecule has 0 amide bonds. The standard InChI is InChI=1S/C13H14FN3/c14-9-5-6-12-11(7-9)13(16-8-15-12)17-10-3-1-2-4-10/h5-8,10H,1-4H2,(H,15,16,17). The number of hydrogen-bond donors (Lipinski definition) is 1. The second-order valence-electron chi connectivity index (χ2n) is 4.51. The molecule has 1 saturated carbocycles. The lowest BCUT2D eigenvalue weighted by Gasteiger charge is -2.13. The summed E-state index contributed by atoms with van der Waals surface area (Å²) < 4.78 is 13.2. The van der Waals surface area contributed by atoms with Crippen molar-refractivity contribution >= 4 is 16.7 Å². The summed E-state index contributed by atoms with van der Waals surface area (Å²) in [5.74, 6) is 0.503. The van der Waals surface area contributed by atoms with Gasteiger partial charge in [-0.15, -0.1) is 0 Å². The smallest absolute Gasteiger partial charge is 0.137 e. The minimum atomic E-state index is -0.248. The Balaban J connectivity index is 1.99. The summed E-state index contributed by atoms with van der Waals surface area (Å²) in [4.78, 5) is 8.36. The first-order chi connectivity index (χ1) is 8.33. The molecule has 1 aliphatic rings. The van der Waals surface area contributed by atoms with Crippen LogP contribution < -0.4 is 5.32 Å². The van der Waals surface area contributed by atoms with Crippen LogP contribution in [-0.2, 0) is 0 Å². The van der Waals surface area contributed by atoms with E-state index in [4.69, 9.17) is 0 Å². The second kappa shape index (κ2) is 4.28. The van der Waals surface area contributed by atoms with Crippen molar-refractivity contribution < 1.29 is 4.39 Å². The lowest BCUT2D eigenvalue weighted by molar-refractivity contribution is 0.629. The van der Waals surface area contributed by atoms with Gasteiger partial charge in [0.15, 0.2) is 0 Å². The minimum absolute atomic E-state index is 0.248. The summed E-state index contributed by atoms with van der Waals surface area (Å²) in [5.41, 5.74) is 0.780. The Morgan fingerprint density at radius 2 is 2.00 bits per heavy atom. The molecule has 1 heterocycles. The average Bonchev–Trinajstić information content (AvgIpc) is 2.83. The first-order valence-corrected chi connectivity index (χ1v) is 6.00. The number of nitrogens with zero attached hydrogens (tertiary/aromatic N) is 2. The van der Waals surface area contributed by atoms with Gasteiger partial charge in [-0.25, -0.2) is 14.4 Å². The van der Waals surface area contributed by atoms with E-state index in [1.165, 1.54) is 44.1 Å². The van der Waals surface area contributed by atoms with Crippen molar-refractivity contribution in [3.05, 3.63) is 30.3 Å². The highest BCUT2D eigenvalue weighted by Crippen LogP contribution is 2.25. The molecule has 0 radical (unpaired) electrons. The molecule has 0 atom stereocenters. The number of halogens is 1. The zero-order chi connectivity index (χ0) is 11.7. The maximum atomic E-state index is 13.2. The molecule has 4 heteroatoms. The van der Waals surface area contributed by atoms with E-state index in [2.05, 4.69) is 15.3 Å². The molecule has 1 aromatic heterocycles. The topological polar surface area (TPSA) is 37.8 Å². The number of aromatic nitrogens is 2. The fraction of sp³-hybridized carbons (Fsp3) is 0.385. The van der Waals surface area contributed by atoms with Crippen molar-refractivity contribution in [2.24, 2.45) is 0 Å². The van der Waals surface area contributed by atoms with Crippen LogP contribution in [0, 0.1) is 5.82 Å². The molecule has 0 bridgehead atoms. The largest absolute Gasteiger partial charge is 0.367 e. The highest BCUT2D eigenvalue weighted by Gasteiger charge is 2.16. The lowest BCUT2D eigenvalue weighted by Crippen LogP contribution is -2.15. The molecular formula is C13H14FN3. The van der Waals surface area contributed by atoms with Crippen LogP contribution in [0.4, 0.5) is 10.2 Å². The molecule has 1 aromatic carbocycles. The van der Waals surface area contributed by atoms with E-state index in [9.17, 15) is 4.39 Å². The van der Waals surface area contributed by atoms with Gasteiger partial charge in [-0.1, -0.05) is 12.8 Å². The number of fused-ring (bicyclic) bond motifs is 1. The van der Waals surface area contributed by atoms with Crippen LogP contribution in [0.2, 0.25) is 0 Å². The van der Waals surface area contributed by atoms with Crippen molar-refractivity contribution in [2.75, 3.05) is 5.32 Å². The molecule has 88 valence electrons. The van der Waals surface area contributed by atoms with Crippen molar-refractivity contribution in [1.82, 2.24) is 9.97 Å². The van der Waals surface area contributed by atoms with Gasteiger partial charge in [-0.2, -0.15) is 0 Å². The number of anilines is 1. The van der Waals surface area contributed by atoms with Gasteiger partial charge >= 0.3 is 0 Å². The molecule has 0 aliphatic heterocycles. The Bertz CT molecular complexity index is 535. The molecule has 1 aliphatic carbocycles. The van der Waals surface area contributed by atoms with Gasteiger partial charge in [-0.3, -0.25) is 0 Å². The Morgan fingerprint density at radius 1 is 1.18 bits per heavy atom. The predicted octanol–water partition coefficient (Wildman–Crippen LogP) is 3.12. The molecule has 1 N–H and O–H groups in total. The summed E-state index contributed by atoms with van der Waals surface area (Å²) in [6, 6.07) is 5.07. The maximum Gasteiger partial charge on any atom is 0.137 e. The van der Waals surface area contributed by atoms with Crippen molar-refractivity contribution in [3.63, 3.8) is 0 Å². The zero-order valence-corrected chi connectivity index (χ0v) is 9.49. The predicted molar refractivity (Wildman–Crippen MR) is 65.4 cm³/mol. The Labute approximate surface area is 99.1 Å². The molecule has 3 nitrogen and oxygen atoms in total. The maximum absolute atomic E-state index is 13.2.